The lowest BCUT2D eigenvalue weighted by molar-refractivity contribution is -0.385. The predicted octanol–water partition coefficient (Wildman–Crippen LogP) is 2.27. The number of benzene rings is 1. The highest BCUT2D eigenvalue weighted by atomic mass is 32.1. The molecule has 124 valence electrons. The normalized spacial score (nSPS) is 17.8. The summed E-state index contributed by atoms with van der Waals surface area (Å²) >= 11 is 5.15. The van der Waals surface area contributed by atoms with Gasteiger partial charge in [0.1, 0.15) is 0 Å². The minimum Gasteiger partial charge on any atom is -0.376 e. The van der Waals surface area contributed by atoms with Gasteiger partial charge in [0.15, 0.2) is 5.11 Å². The Balaban J connectivity index is 1.92. The van der Waals surface area contributed by atoms with Crippen LogP contribution in [0.5, 0.6) is 0 Å². The smallest absolute Gasteiger partial charge is 0.272 e. The SMILES string of the molecule is CC(=NNC(=S)NCC1CCCO1)c1ccc(C)c([N+](=O)[O-])c1. The monoisotopic (exact) mass is 336 g/mol. The van der Waals surface area contributed by atoms with Gasteiger partial charge in [0.25, 0.3) is 5.69 Å². The number of ether oxygens (including phenoxy) is 1. The summed E-state index contributed by atoms with van der Waals surface area (Å²) in [5.41, 5.74) is 4.75. The molecule has 1 aliphatic rings. The molecule has 1 aromatic rings. The number of nitrogens with zero attached hydrogens (tertiary/aromatic N) is 2. The Kier molecular flexibility index (Phi) is 6.00. The predicted molar refractivity (Wildman–Crippen MR) is 92.8 cm³/mol. The van der Waals surface area contributed by atoms with Crippen molar-refractivity contribution in [3.63, 3.8) is 0 Å². The number of aryl methyl sites for hydroxylation is 1. The number of hydrazone groups is 1. The molecule has 2 rings (SSSR count). The van der Waals surface area contributed by atoms with Gasteiger partial charge in [-0.1, -0.05) is 12.1 Å². The average Bonchev–Trinajstić information content (AvgIpc) is 3.04. The van der Waals surface area contributed by atoms with Gasteiger partial charge in [-0.25, -0.2) is 0 Å². The van der Waals surface area contributed by atoms with Gasteiger partial charge in [-0.15, -0.1) is 0 Å². The molecule has 0 radical (unpaired) electrons. The van der Waals surface area contributed by atoms with Crippen LogP contribution in [0.1, 0.15) is 30.9 Å². The molecule has 1 aliphatic heterocycles. The summed E-state index contributed by atoms with van der Waals surface area (Å²) in [4.78, 5) is 10.6. The van der Waals surface area contributed by atoms with Crippen molar-refractivity contribution in [1.29, 1.82) is 0 Å². The van der Waals surface area contributed by atoms with Crippen LogP contribution in [0.3, 0.4) is 0 Å². The van der Waals surface area contributed by atoms with Gasteiger partial charge < -0.3 is 10.1 Å². The van der Waals surface area contributed by atoms with Crippen molar-refractivity contribution in [2.24, 2.45) is 5.10 Å². The van der Waals surface area contributed by atoms with E-state index in [1.807, 2.05) is 0 Å². The minimum absolute atomic E-state index is 0.0798. The van der Waals surface area contributed by atoms with Crippen molar-refractivity contribution in [3.8, 4) is 0 Å². The summed E-state index contributed by atoms with van der Waals surface area (Å²) in [6.07, 6.45) is 2.31. The highest BCUT2D eigenvalue weighted by Crippen LogP contribution is 2.19. The maximum absolute atomic E-state index is 11.0. The molecule has 2 N–H and O–H groups in total. The summed E-state index contributed by atoms with van der Waals surface area (Å²) < 4.78 is 5.50. The van der Waals surface area contributed by atoms with Crippen LogP contribution in [0, 0.1) is 17.0 Å². The number of nitrogens with one attached hydrogen (secondary N) is 2. The molecular formula is C15H20N4O3S. The van der Waals surface area contributed by atoms with Crippen molar-refractivity contribution in [2.45, 2.75) is 32.8 Å². The third-order valence-corrected chi connectivity index (χ3v) is 3.90. The van der Waals surface area contributed by atoms with Gasteiger partial charge in [-0.2, -0.15) is 5.10 Å². The van der Waals surface area contributed by atoms with Crippen LogP contribution < -0.4 is 10.7 Å². The van der Waals surface area contributed by atoms with Gasteiger partial charge >= 0.3 is 0 Å². The van der Waals surface area contributed by atoms with E-state index in [2.05, 4.69) is 15.8 Å². The van der Waals surface area contributed by atoms with E-state index in [4.69, 9.17) is 17.0 Å². The zero-order chi connectivity index (χ0) is 16.8. The van der Waals surface area contributed by atoms with Gasteiger partial charge in [-0.05, 0) is 38.9 Å². The number of rotatable bonds is 5. The maximum atomic E-state index is 11.0. The summed E-state index contributed by atoms with van der Waals surface area (Å²) in [6, 6.07) is 5.02. The van der Waals surface area contributed by atoms with Gasteiger partial charge in [-0.3, -0.25) is 15.5 Å². The van der Waals surface area contributed by atoms with E-state index in [0.717, 1.165) is 19.4 Å². The van der Waals surface area contributed by atoms with Crippen LogP contribution in [0.25, 0.3) is 0 Å². The van der Waals surface area contributed by atoms with Crippen LogP contribution in [-0.2, 0) is 4.74 Å². The lowest BCUT2D eigenvalue weighted by Crippen LogP contribution is -2.37. The number of hydrogen-bond acceptors (Lipinski definition) is 5. The van der Waals surface area contributed by atoms with Crippen LogP contribution in [0.2, 0.25) is 0 Å². The van der Waals surface area contributed by atoms with Crippen molar-refractivity contribution in [1.82, 2.24) is 10.7 Å². The zero-order valence-electron chi connectivity index (χ0n) is 13.2. The zero-order valence-corrected chi connectivity index (χ0v) is 14.0. The quantitative estimate of drug-likeness (QED) is 0.371. The Hall–Kier alpha value is -2.06. The minimum atomic E-state index is -0.396. The highest BCUT2D eigenvalue weighted by Gasteiger charge is 2.15. The molecule has 7 nitrogen and oxygen atoms in total. The standard InChI is InChI=1S/C15H20N4O3S/c1-10-5-6-12(8-14(10)19(20)21)11(2)17-18-15(23)16-9-13-4-3-7-22-13/h5-6,8,13H,3-4,7,9H2,1-2H3,(H2,16,18,23). The maximum Gasteiger partial charge on any atom is 0.272 e. The van der Waals surface area contributed by atoms with Crippen LogP contribution >= 0.6 is 12.2 Å². The summed E-state index contributed by atoms with van der Waals surface area (Å²) in [7, 11) is 0. The Morgan fingerprint density at radius 1 is 1.57 bits per heavy atom. The average molecular weight is 336 g/mol. The van der Waals surface area contributed by atoms with Crippen molar-refractivity contribution >= 4 is 28.7 Å². The van der Waals surface area contributed by atoms with E-state index in [9.17, 15) is 10.1 Å². The molecule has 23 heavy (non-hydrogen) atoms. The molecule has 0 spiro atoms. The molecule has 1 saturated heterocycles. The number of thiocarbonyl (C=S) groups is 1. The molecule has 1 atom stereocenters. The summed E-state index contributed by atoms with van der Waals surface area (Å²) in [5.74, 6) is 0. The topological polar surface area (TPSA) is 88.8 Å². The van der Waals surface area contributed by atoms with E-state index < -0.39 is 4.92 Å². The molecule has 0 bridgehead atoms. The first kappa shape index (κ1) is 17.3. The summed E-state index contributed by atoms with van der Waals surface area (Å²) in [5, 5.41) is 18.6. The van der Waals surface area contributed by atoms with Crippen molar-refractivity contribution < 1.29 is 9.66 Å². The van der Waals surface area contributed by atoms with E-state index in [1.54, 1.807) is 26.0 Å². The molecule has 1 heterocycles. The largest absolute Gasteiger partial charge is 0.376 e. The molecule has 0 aliphatic carbocycles. The molecular weight excluding hydrogens is 316 g/mol. The molecule has 1 fully saturated rings. The highest BCUT2D eigenvalue weighted by molar-refractivity contribution is 7.80. The van der Waals surface area contributed by atoms with E-state index in [-0.39, 0.29) is 11.8 Å². The molecule has 1 aromatic carbocycles. The van der Waals surface area contributed by atoms with Crippen molar-refractivity contribution in [3.05, 3.63) is 39.4 Å². The van der Waals surface area contributed by atoms with Crippen LogP contribution in [0.4, 0.5) is 5.69 Å². The second-order valence-electron chi connectivity index (χ2n) is 5.41. The lowest BCUT2D eigenvalue weighted by Gasteiger charge is -2.12. The number of nitro benzene ring substituents is 1. The van der Waals surface area contributed by atoms with E-state index in [1.165, 1.54) is 6.07 Å². The lowest BCUT2D eigenvalue weighted by atomic mass is 10.1. The van der Waals surface area contributed by atoms with Crippen molar-refractivity contribution in [2.75, 3.05) is 13.2 Å². The summed E-state index contributed by atoms with van der Waals surface area (Å²) in [6.45, 7) is 4.92. The van der Waals surface area contributed by atoms with Gasteiger partial charge in [0.05, 0.1) is 16.7 Å². The van der Waals surface area contributed by atoms with E-state index >= 15 is 0 Å². The Labute approximate surface area is 140 Å². The third-order valence-electron chi connectivity index (χ3n) is 3.66. The Morgan fingerprint density at radius 2 is 2.35 bits per heavy atom. The van der Waals surface area contributed by atoms with Crippen LogP contribution in [-0.4, -0.2) is 35.0 Å². The molecule has 0 amide bonds. The molecule has 1 unspecified atom stereocenters. The number of hydrogen-bond donors (Lipinski definition) is 2. The molecule has 0 saturated carbocycles. The fourth-order valence-corrected chi connectivity index (χ4v) is 2.41. The second-order valence-corrected chi connectivity index (χ2v) is 5.82. The van der Waals surface area contributed by atoms with Crippen LogP contribution in [0.15, 0.2) is 23.3 Å². The molecule has 0 aromatic heterocycles. The third kappa shape index (κ3) is 4.97. The first-order valence-electron chi connectivity index (χ1n) is 7.42. The first-order valence-corrected chi connectivity index (χ1v) is 7.83. The van der Waals surface area contributed by atoms with E-state index in [0.29, 0.717) is 28.5 Å². The van der Waals surface area contributed by atoms with Gasteiger partial charge in [0, 0.05) is 30.3 Å². The Morgan fingerprint density at radius 3 is 3.00 bits per heavy atom. The second kappa shape index (κ2) is 7.98. The fraction of sp³-hybridized carbons (Fsp3) is 0.467. The first-order chi connectivity index (χ1) is 11.0. The number of nitro groups is 1. The van der Waals surface area contributed by atoms with Gasteiger partial charge in [0.2, 0.25) is 0 Å². The Bertz CT molecular complexity index is 627. The fourth-order valence-electron chi connectivity index (χ4n) is 2.28. The molecule has 8 heteroatoms.